The summed E-state index contributed by atoms with van der Waals surface area (Å²) in [5.74, 6) is 1.76. The van der Waals surface area contributed by atoms with Gasteiger partial charge in [-0.05, 0) is 86.0 Å². The normalized spacial score (nSPS) is 11.3. The third kappa shape index (κ3) is 6.86. The molecule has 0 saturated carbocycles. The second kappa shape index (κ2) is 15.5. The van der Waals surface area contributed by atoms with Gasteiger partial charge in [0.2, 0.25) is 0 Å². The van der Waals surface area contributed by atoms with Gasteiger partial charge in [0.15, 0.2) is 17.5 Å². The molecule has 0 saturated heterocycles. The number of benzene rings is 9. The van der Waals surface area contributed by atoms with Gasteiger partial charge >= 0.3 is 0 Å². The lowest BCUT2D eigenvalue weighted by molar-refractivity contribution is 0.669. The van der Waals surface area contributed by atoms with E-state index in [1.165, 1.54) is 22.3 Å². The van der Waals surface area contributed by atoms with Crippen LogP contribution >= 0.6 is 0 Å². The van der Waals surface area contributed by atoms with Crippen molar-refractivity contribution in [2.45, 2.75) is 0 Å². The van der Waals surface area contributed by atoms with Gasteiger partial charge in [0.1, 0.15) is 11.2 Å². The molecule has 0 aliphatic carbocycles. The standard InChI is InChI=1S/C57H37N3O/c1-6-18-38(19-7-1)45-34-48(39-20-8-2-9-21-39)53(42-24-12-4-13-25-42)49(35-45)41-30-32-44(33-31-41)56-58-55(43-26-14-5-15-27-43)59-57(60-56)46-36-50(40-22-10-3-11-23-40)54-47-28-16-17-29-51(47)61-52(54)37-46/h1-37H. The quantitative estimate of drug-likeness (QED) is 0.154. The van der Waals surface area contributed by atoms with Crippen LogP contribution < -0.4 is 0 Å². The number of furan rings is 1. The number of para-hydroxylation sites is 1. The smallest absolute Gasteiger partial charge is 0.164 e. The first-order valence-corrected chi connectivity index (χ1v) is 20.5. The molecule has 0 spiro atoms. The maximum absolute atomic E-state index is 6.51. The van der Waals surface area contributed by atoms with E-state index in [1.807, 2.05) is 48.5 Å². The minimum Gasteiger partial charge on any atom is -0.456 e. The molecular weight excluding hydrogens is 743 g/mol. The van der Waals surface area contributed by atoms with E-state index in [1.54, 1.807) is 0 Å². The van der Waals surface area contributed by atoms with Gasteiger partial charge in [-0.3, -0.25) is 0 Å². The Morgan fingerprint density at radius 3 is 1.23 bits per heavy atom. The molecule has 2 aromatic heterocycles. The van der Waals surface area contributed by atoms with Crippen molar-refractivity contribution in [3.63, 3.8) is 0 Å². The van der Waals surface area contributed by atoms with Gasteiger partial charge in [0, 0.05) is 27.5 Å². The van der Waals surface area contributed by atoms with Crippen LogP contribution in [0.2, 0.25) is 0 Å². The highest BCUT2D eigenvalue weighted by Gasteiger charge is 2.20. The van der Waals surface area contributed by atoms with Crippen LogP contribution in [0.15, 0.2) is 229 Å². The van der Waals surface area contributed by atoms with Crippen molar-refractivity contribution < 1.29 is 4.42 Å². The van der Waals surface area contributed by atoms with Crippen molar-refractivity contribution >= 4 is 21.9 Å². The molecule has 286 valence electrons. The summed E-state index contributed by atoms with van der Waals surface area (Å²) in [6.07, 6.45) is 0. The SMILES string of the molecule is c1ccc(-c2cc(-c3ccccc3)c(-c3ccccc3)c(-c3ccc(-c4nc(-c5ccccc5)nc(-c5cc(-c6ccccc6)c6c(c5)oc5ccccc56)n4)cc3)c2)cc1. The minimum atomic E-state index is 0.571. The number of rotatable bonds is 8. The summed E-state index contributed by atoms with van der Waals surface area (Å²) in [6.45, 7) is 0. The molecule has 0 aliphatic heterocycles. The van der Waals surface area contributed by atoms with Crippen molar-refractivity contribution in [1.82, 2.24) is 15.0 Å². The minimum absolute atomic E-state index is 0.571. The van der Waals surface area contributed by atoms with E-state index in [9.17, 15) is 0 Å². The van der Waals surface area contributed by atoms with Gasteiger partial charge < -0.3 is 4.42 Å². The fourth-order valence-corrected chi connectivity index (χ4v) is 8.41. The molecule has 9 aromatic carbocycles. The molecule has 61 heavy (non-hydrogen) atoms. The third-order valence-corrected chi connectivity index (χ3v) is 11.3. The number of aromatic nitrogens is 3. The van der Waals surface area contributed by atoms with Crippen molar-refractivity contribution in [2.24, 2.45) is 0 Å². The highest BCUT2D eigenvalue weighted by Crippen LogP contribution is 2.44. The molecule has 0 fully saturated rings. The molecule has 4 nitrogen and oxygen atoms in total. The number of hydrogen-bond donors (Lipinski definition) is 0. The fourth-order valence-electron chi connectivity index (χ4n) is 8.41. The van der Waals surface area contributed by atoms with Crippen molar-refractivity contribution in [2.75, 3.05) is 0 Å². The van der Waals surface area contributed by atoms with Gasteiger partial charge in [0.05, 0.1) is 0 Å². The van der Waals surface area contributed by atoms with Crippen LogP contribution in [0.3, 0.4) is 0 Å². The van der Waals surface area contributed by atoms with Crippen LogP contribution in [0.1, 0.15) is 0 Å². The topological polar surface area (TPSA) is 51.8 Å². The van der Waals surface area contributed by atoms with E-state index < -0.39 is 0 Å². The molecule has 0 N–H and O–H groups in total. The van der Waals surface area contributed by atoms with Crippen LogP contribution in [-0.4, -0.2) is 15.0 Å². The summed E-state index contributed by atoms with van der Waals surface area (Å²) in [5.41, 5.74) is 15.7. The second-order valence-corrected chi connectivity index (χ2v) is 15.2. The lowest BCUT2D eigenvalue weighted by atomic mass is 9.84. The first-order chi connectivity index (χ1) is 30.2. The third-order valence-electron chi connectivity index (χ3n) is 11.3. The average molecular weight is 780 g/mol. The maximum Gasteiger partial charge on any atom is 0.164 e. The van der Waals surface area contributed by atoms with E-state index in [0.717, 1.165) is 72.0 Å². The molecule has 11 aromatic rings. The average Bonchev–Trinajstić information content (AvgIpc) is 3.73. The van der Waals surface area contributed by atoms with Gasteiger partial charge in [-0.2, -0.15) is 0 Å². The Kier molecular flexibility index (Phi) is 9.14. The molecular formula is C57H37N3O. The van der Waals surface area contributed by atoms with Crippen LogP contribution in [0.4, 0.5) is 0 Å². The maximum atomic E-state index is 6.51. The predicted octanol–water partition coefficient (Wildman–Crippen LogP) is 15.1. The summed E-state index contributed by atoms with van der Waals surface area (Å²) < 4.78 is 6.51. The van der Waals surface area contributed by atoms with Gasteiger partial charge in [-0.25, -0.2) is 15.0 Å². The summed E-state index contributed by atoms with van der Waals surface area (Å²) >= 11 is 0. The summed E-state index contributed by atoms with van der Waals surface area (Å²) in [6, 6.07) is 78.3. The Hall–Kier alpha value is -8.21. The molecule has 0 aliphatic rings. The van der Waals surface area contributed by atoms with Crippen LogP contribution in [-0.2, 0) is 0 Å². The summed E-state index contributed by atoms with van der Waals surface area (Å²) in [4.78, 5) is 15.4. The van der Waals surface area contributed by atoms with E-state index in [0.29, 0.717) is 17.5 Å². The molecule has 4 heteroatoms. The zero-order valence-corrected chi connectivity index (χ0v) is 33.1. The number of nitrogens with zero attached hydrogens (tertiary/aromatic N) is 3. The highest BCUT2D eigenvalue weighted by molar-refractivity contribution is 6.13. The molecule has 0 radical (unpaired) electrons. The molecule has 0 bridgehead atoms. The molecule has 0 amide bonds. The van der Waals surface area contributed by atoms with Gasteiger partial charge in [-0.1, -0.05) is 194 Å². The van der Waals surface area contributed by atoms with Crippen molar-refractivity contribution in [1.29, 1.82) is 0 Å². The predicted molar refractivity (Wildman–Crippen MR) is 251 cm³/mol. The summed E-state index contributed by atoms with van der Waals surface area (Å²) in [7, 11) is 0. The van der Waals surface area contributed by atoms with E-state index in [2.05, 4.69) is 176 Å². The second-order valence-electron chi connectivity index (χ2n) is 15.2. The fraction of sp³-hybridized carbons (Fsp3) is 0. The monoisotopic (exact) mass is 779 g/mol. The lowest BCUT2D eigenvalue weighted by Crippen LogP contribution is -2.00. The Bertz CT molecular complexity index is 3310. The number of fused-ring (bicyclic) bond motifs is 3. The Balaban J connectivity index is 1.09. The highest BCUT2D eigenvalue weighted by atomic mass is 16.3. The summed E-state index contributed by atoms with van der Waals surface area (Å²) in [5, 5.41) is 2.14. The largest absolute Gasteiger partial charge is 0.456 e. The number of hydrogen-bond acceptors (Lipinski definition) is 4. The van der Waals surface area contributed by atoms with Crippen molar-refractivity contribution in [3.8, 4) is 89.8 Å². The van der Waals surface area contributed by atoms with Gasteiger partial charge in [0.25, 0.3) is 0 Å². The Morgan fingerprint density at radius 2 is 0.656 bits per heavy atom. The van der Waals surface area contributed by atoms with E-state index in [4.69, 9.17) is 19.4 Å². The van der Waals surface area contributed by atoms with E-state index in [-0.39, 0.29) is 0 Å². The zero-order valence-electron chi connectivity index (χ0n) is 33.1. The Labute approximate surface area is 354 Å². The van der Waals surface area contributed by atoms with Crippen LogP contribution in [0.25, 0.3) is 112 Å². The molecule has 0 unspecified atom stereocenters. The first-order valence-electron chi connectivity index (χ1n) is 20.5. The lowest BCUT2D eigenvalue weighted by Gasteiger charge is -2.19. The van der Waals surface area contributed by atoms with Crippen LogP contribution in [0.5, 0.6) is 0 Å². The molecule has 0 atom stereocenters. The first kappa shape index (κ1) is 35.9. The molecule has 11 rings (SSSR count). The Morgan fingerprint density at radius 1 is 0.262 bits per heavy atom. The van der Waals surface area contributed by atoms with E-state index >= 15 is 0 Å². The van der Waals surface area contributed by atoms with Gasteiger partial charge in [-0.15, -0.1) is 0 Å². The molecule has 2 heterocycles. The zero-order chi connectivity index (χ0) is 40.5. The van der Waals surface area contributed by atoms with Crippen LogP contribution in [0, 0.1) is 0 Å². The van der Waals surface area contributed by atoms with Crippen molar-refractivity contribution in [3.05, 3.63) is 224 Å².